The molecule has 2 rings (SSSR count). The first kappa shape index (κ1) is 20.0. The average Bonchev–Trinajstić information content (AvgIpc) is 2.62. The molecule has 0 saturated carbocycles. The molecule has 142 valence electrons. The van der Waals surface area contributed by atoms with Crippen LogP contribution in [0.4, 0.5) is 4.79 Å². The minimum absolute atomic E-state index is 0.200. The second-order valence-corrected chi connectivity index (χ2v) is 6.79. The predicted molar refractivity (Wildman–Crippen MR) is 100 cm³/mol. The first-order chi connectivity index (χ1) is 12.5. The number of esters is 1. The van der Waals surface area contributed by atoms with Gasteiger partial charge in [0.25, 0.3) is 0 Å². The fraction of sp³-hybridized carbons (Fsp3) is 0.500. The first-order valence-corrected chi connectivity index (χ1v) is 9.32. The predicted octanol–water partition coefficient (Wildman–Crippen LogP) is 1.64. The molecule has 26 heavy (non-hydrogen) atoms. The second-order valence-electron chi connectivity index (χ2n) is 6.79. The SMILES string of the molecule is CCOC(=O)C1=C(C[NH2+][C@@H](c2ccc(CC)cc2)C(C)C)NC(=O)NC1. The molecular formula is C20H30N3O3+. The fourth-order valence-electron chi connectivity index (χ4n) is 3.13. The molecule has 4 N–H and O–H groups in total. The summed E-state index contributed by atoms with van der Waals surface area (Å²) in [5.74, 6) is 0.0309. The van der Waals surface area contributed by atoms with Crippen molar-refractivity contribution in [3.63, 3.8) is 0 Å². The Bertz CT molecular complexity index is 665. The monoisotopic (exact) mass is 360 g/mol. The molecule has 2 amide bonds. The van der Waals surface area contributed by atoms with Crippen LogP contribution in [0.1, 0.15) is 44.9 Å². The molecule has 0 spiro atoms. The van der Waals surface area contributed by atoms with Crippen molar-refractivity contribution < 1.29 is 19.6 Å². The number of nitrogens with one attached hydrogen (secondary N) is 2. The third-order valence-corrected chi connectivity index (χ3v) is 4.64. The Kier molecular flexibility index (Phi) is 7.21. The molecule has 1 aliphatic heterocycles. The molecule has 6 heteroatoms. The Morgan fingerprint density at radius 2 is 1.92 bits per heavy atom. The van der Waals surface area contributed by atoms with Crippen molar-refractivity contribution in [1.82, 2.24) is 10.6 Å². The van der Waals surface area contributed by atoms with Gasteiger partial charge in [0.05, 0.1) is 24.4 Å². The Morgan fingerprint density at radius 3 is 2.50 bits per heavy atom. The first-order valence-electron chi connectivity index (χ1n) is 9.32. The Balaban J connectivity index is 2.16. The molecule has 0 saturated heterocycles. The van der Waals surface area contributed by atoms with Gasteiger partial charge in [-0.1, -0.05) is 45.0 Å². The summed E-state index contributed by atoms with van der Waals surface area (Å²) < 4.78 is 5.11. The molecule has 1 atom stereocenters. The minimum atomic E-state index is -0.378. The van der Waals surface area contributed by atoms with Gasteiger partial charge in [-0.15, -0.1) is 0 Å². The van der Waals surface area contributed by atoms with E-state index in [-0.39, 0.29) is 24.6 Å². The van der Waals surface area contributed by atoms with E-state index in [4.69, 9.17) is 4.74 Å². The van der Waals surface area contributed by atoms with Crippen LogP contribution < -0.4 is 16.0 Å². The van der Waals surface area contributed by atoms with Gasteiger partial charge in [-0.25, -0.2) is 9.59 Å². The quantitative estimate of drug-likeness (QED) is 0.616. The van der Waals surface area contributed by atoms with Crippen LogP contribution in [0.25, 0.3) is 0 Å². The zero-order valence-electron chi connectivity index (χ0n) is 16.1. The van der Waals surface area contributed by atoms with Crippen molar-refractivity contribution in [2.24, 2.45) is 5.92 Å². The number of carbonyl (C=O) groups is 2. The van der Waals surface area contributed by atoms with Gasteiger partial charge in [0.1, 0.15) is 12.6 Å². The van der Waals surface area contributed by atoms with Crippen LogP contribution in [0.2, 0.25) is 0 Å². The molecular weight excluding hydrogens is 330 g/mol. The third-order valence-electron chi connectivity index (χ3n) is 4.64. The Hall–Kier alpha value is -2.34. The van der Waals surface area contributed by atoms with Crippen LogP contribution in [0.3, 0.4) is 0 Å². The second kappa shape index (κ2) is 9.38. The Morgan fingerprint density at radius 1 is 1.23 bits per heavy atom. The van der Waals surface area contributed by atoms with Gasteiger partial charge >= 0.3 is 12.0 Å². The van der Waals surface area contributed by atoms with Crippen LogP contribution in [0.5, 0.6) is 0 Å². The van der Waals surface area contributed by atoms with Crippen molar-refractivity contribution in [3.8, 4) is 0 Å². The van der Waals surface area contributed by atoms with Crippen molar-refractivity contribution in [3.05, 3.63) is 46.7 Å². The molecule has 0 radical (unpaired) electrons. The van der Waals surface area contributed by atoms with Gasteiger partial charge in [-0.3, -0.25) is 0 Å². The molecule has 0 unspecified atom stereocenters. The summed E-state index contributed by atoms with van der Waals surface area (Å²) in [6.45, 7) is 9.29. The summed E-state index contributed by atoms with van der Waals surface area (Å²) in [6, 6.07) is 8.62. The van der Waals surface area contributed by atoms with Crippen molar-refractivity contribution in [2.75, 3.05) is 19.7 Å². The van der Waals surface area contributed by atoms with E-state index in [1.807, 2.05) is 0 Å². The minimum Gasteiger partial charge on any atom is -0.463 e. The highest BCUT2D eigenvalue weighted by molar-refractivity contribution is 5.93. The lowest BCUT2D eigenvalue weighted by Crippen LogP contribution is -2.87. The van der Waals surface area contributed by atoms with Crippen molar-refractivity contribution in [2.45, 2.75) is 40.2 Å². The lowest BCUT2D eigenvalue weighted by molar-refractivity contribution is -0.696. The number of benzene rings is 1. The van der Waals surface area contributed by atoms with Gasteiger partial charge < -0.3 is 20.7 Å². The van der Waals surface area contributed by atoms with E-state index in [9.17, 15) is 9.59 Å². The molecule has 1 heterocycles. The topological polar surface area (TPSA) is 84.0 Å². The average molecular weight is 360 g/mol. The fourth-order valence-corrected chi connectivity index (χ4v) is 3.13. The van der Waals surface area contributed by atoms with Crippen LogP contribution >= 0.6 is 0 Å². The van der Waals surface area contributed by atoms with E-state index in [1.165, 1.54) is 11.1 Å². The van der Waals surface area contributed by atoms with E-state index >= 15 is 0 Å². The summed E-state index contributed by atoms with van der Waals surface area (Å²) in [5.41, 5.74) is 3.68. The molecule has 0 fully saturated rings. The molecule has 0 bridgehead atoms. The maximum Gasteiger partial charge on any atom is 0.337 e. The Labute approximate surface area is 155 Å². The highest BCUT2D eigenvalue weighted by Crippen LogP contribution is 2.19. The number of quaternary nitrogens is 1. The van der Waals surface area contributed by atoms with Crippen molar-refractivity contribution >= 4 is 12.0 Å². The lowest BCUT2D eigenvalue weighted by Gasteiger charge is -2.24. The van der Waals surface area contributed by atoms with Crippen LogP contribution in [0.15, 0.2) is 35.5 Å². The summed E-state index contributed by atoms with van der Waals surface area (Å²) in [6.07, 6.45) is 1.02. The number of hydrogen-bond acceptors (Lipinski definition) is 3. The molecule has 0 aliphatic carbocycles. The van der Waals surface area contributed by atoms with E-state index in [0.717, 1.165) is 6.42 Å². The molecule has 0 aromatic heterocycles. The summed E-state index contributed by atoms with van der Waals surface area (Å²) in [7, 11) is 0. The van der Waals surface area contributed by atoms with Gasteiger partial charge in [0.15, 0.2) is 0 Å². The summed E-state index contributed by atoms with van der Waals surface area (Å²) in [5, 5.41) is 7.57. The van der Waals surface area contributed by atoms with Crippen LogP contribution in [-0.4, -0.2) is 31.7 Å². The van der Waals surface area contributed by atoms with Gasteiger partial charge in [0.2, 0.25) is 0 Å². The van der Waals surface area contributed by atoms with E-state index in [1.54, 1.807) is 6.92 Å². The number of carbonyl (C=O) groups excluding carboxylic acids is 2. The molecule has 1 aliphatic rings. The number of rotatable bonds is 8. The van der Waals surface area contributed by atoms with Crippen LogP contribution in [-0.2, 0) is 16.0 Å². The van der Waals surface area contributed by atoms with Crippen molar-refractivity contribution in [1.29, 1.82) is 0 Å². The number of aryl methyl sites for hydroxylation is 1. The van der Waals surface area contributed by atoms with E-state index in [0.29, 0.717) is 30.3 Å². The highest BCUT2D eigenvalue weighted by Gasteiger charge is 2.26. The zero-order chi connectivity index (χ0) is 19.1. The number of urea groups is 1. The van der Waals surface area contributed by atoms with E-state index in [2.05, 4.69) is 61.0 Å². The summed E-state index contributed by atoms with van der Waals surface area (Å²) >= 11 is 0. The zero-order valence-corrected chi connectivity index (χ0v) is 16.1. The highest BCUT2D eigenvalue weighted by atomic mass is 16.5. The number of hydrogen-bond donors (Lipinski definition) is 3. The maximum absolute atomic E-state index is 12.1. The summed E-state index contributed by atoms with van der Waals surface area (Å²) in [4.78, 5) is 23.8. The maximum atomic E-state index is 12.1. The lowest BCUT2D eigenvalue weighted by atomic mass is 9.94. The standard InChI is InChI=1S/C20H29N3O3/c1-5-14-7-9-15(10-8-14)18(13(3)4)21-12-17-16(19(24)26-6-2)11-22-20(25)23-17/h7-10,13,18,21H,5-6,11-12H2,1-4H3,(H2,22,23,25)/p+1/t18-/m1/s1. The van der Waals surface area contributed by atoms with Gasteiger partial charge in [-0.05, 0) is 18.9 Å². The third kappa shape index (κ3) is 5.08. The number of ether oxygens (including phenoxy) is 1. The van der Waals surface area contributed by atoms with E-state index < -0.39 is 0 Å². The smallest absolute Gasteiger partial charge is 0.337 e. The van der Waals surface area contributed by atoms with Gasteiger partial charge in [-0.2, -0.15) is 0 Å². The number of nitrogens with two attached hydrogens (primary N) is 1. The van der Waals surface area contributed by atoms with Gasteiger partial charge in [0, 0.05) is 11.5 Å². The molecule has 1 aromatic carbocycles. The molecule has 6 nitrogen and oxygen atoms in total. The normalized spacial score (nSPS) is 15.5. The molecule has 1 aromatic rings. The largest absolute Gasteiger partial charge is 0.463 e. The number of amides is 2. The van der Waals surface area contributed by atoms with Crippen LogP contribution in [0, 0.1) is 5.92 Å².